The van der Waals surface area contributed by atoms with Gasteiger partial charge in [0.2, 0.25) is 0 Å². The first-order chi connectivity index (χ1) is 17.6. The van der Waals surface area contributed by atoms with Gasteiger partial charge in [-0.3, -0.25) is 9.97 Å². The summed E-state index contributed by atoms with van der Waals surface area (Å²) in [5, 5.41) is 9.37. The molecule has 0 bridgehead atoms. The SMILES string of the molecule is CC1(C)CCC(C)(C)c2nc3c(nc21)CCc1c(-c2ccc(C(=O)O)cc2)cn(Cc2ccncc2)c1-3. The minimum atomic E-state index is -0.914. The quantitative estimate of drug-likeness (QED) is 0.367. The van der Waals surface area contributed by atoms with Crippen LogP contribution >= 0.6 is 0 Å². The number of pyridine rings is 1. The van der Waals surface area contributed by atoms with E-state index in [2.05, 4.69) is 43.4 Å². The van der Waals surface area contributed by atoms with Crippen LogP contribution in [0, 0.1) is 0 Å². The van der Waals surface area contributed by atoms with Crippen molar-refractivity contribution >= 4 is 5.97 Å². The summed E-state index contributed by atoms with van der Waals surface area (Å²) in [5.41, 5.74) is 10.3. The molecule has 0 atom stereocenters. The Morgan fingerprint density at radius 2 is 1.57 bits per heavy atom. The average molecular weight is 493 g/mol. The summed E-state index contributed by atoms with van der Waals surface area (Å²) in [4.78, 5) is 26.3. The number of fused-ring (bicyclic) bond motifs is 4. The van der Waals surface area contributed by atoms with Crippen molar-refractivity contribution in [1.82, 2.24) is 19.5 Å². The number of carboxylic acid groups (broad SMARTS) is 1. The standard InChI is InChI=1S/C31H32N4O2/c1-30(2)13-14-31(3,4)28-27(30)33-24-10-9-22-23(20-5-7-21(8-6-20)29(36)37)18-35(26(22)25(24)34-28)17-19-11-15-32-16-12-19/h5-8,11-12,15-16,18H,9-10,13-14,17H2,1-4H3,(H,36,37). The fourth-order valence-electron chi connectivity index (χ4n) is 5.86. The van der Waals surface area contributed by atoms with Crippen LogP contribution in [0.15, 0.2) is 55.0 Å². The molecule has 0 aliphatic heterocycles. The van der Waals surface area contributed by atoms with Crippen LogP contribution in [0.4, 0.5) is 0 Å². The van der Waals surface area contributed by atoms with Gasteiger partial charge in [0.15, 0.2) is 0 Å². The lowest BCUT2D eigenvalue weighted by Gasteiger charge is -2.40. The number of aromatic carboxylic acids is 1. The number of aromatic nitrogens is 4. The van der Waals surface area contributed by atoms with Gasteiger partial charge < -0.3 is 9.67 Å². The molecule has 2 aliphatic rings. The van der Waals surface area contributed by atoms with Crippen LogP contribution < -0.4 is 0 Å². The van der Waals surface area contributed by atoms with Gasteiger partial charge in [0, 0.05) is 41.5 Å². The second kappa shape index (κ2) is 8.37. The third kappa shape index (κ3) is 3.95. The van der Waals surface area contributed by atoms with Crippen LogP contribution in [0.1, 0.15) is 79.1 Å². The first-order valence-electron chi connectivity index (χ1n) is 13.0. The van der Waals surface area contributed by atoms with E-state index in [1.807, 2.05) is 36.7 Å². The number of carboxylic acids is 1. The van der Waals surface area contributed by atoms with Crippen molar-refractivity contribution in [1.29, 1.82) is 0 Å². The van der Waals surface area contributed by atoms with Crippen molar-refractivity contribution in [2.24, 2.45) is 0 Å². The highest BCUT2D eigenvalue weighted by Crippen LogP contribution is 2.47. The monoisotopic (exact) mass is 492 g/mol. The predicted octanol–water partition coefficient (Wildman–Crippen LogP) is 6.20. The lowest BCUT2D eigenvalue weighted by atomic mass is 9.67. The molecule has 6 heteroatoms. The van der Waals surface area contributed by atoms with E-state index in [0.717, 1.165) is 65.3 Å². The predicted molar refractivity (Wildman–Crippen MR) is 144 cm³/mol. The van der Waals surface area contributed by atoms with Gasteiger partial charge >= 0.3 is 5.97 Å². The average Bonchev–Trinajstić information content (AvgIpc) is 3.25. The molecule has 6 rings (SSSR count). The summed E-state index contributed by atoms with van der Waals surface area (Å²) >= 11 is 0. The van der Waals surface area contributed by atoms with Gasteiger partial charge in [-0.15, -0.1) is 0 Å². The molecule has 1 aromatic carbocycles. The lowest BCUT2D eigenvalue weighted by molar-refractivity contribution is 0.0697. The molecule has 0 amide bonds. The molecule has 3 heterocycles. The fourth-order valence-corrected chi connectivity index (χ4v) is 5.86. The zero-order valence-corrected chi connectivity index (χ0v) is 21.9. The fraction of sp³-hybridized carbons (Fsp3) is 0.355. The normalized spacial score (nSPS) is 17.0. The minimum Gasteiger partial charge on any atom is -0.478 e. The maximum atomic E-state index is 11.4. The van der Waals surface area contributed by atoms with Crippen LogP contribution in [0.25, 0.3) is 22.5 Å². The number of aryl methyl sites for hydroxylation is 1. The van der Waals surface area contributed by atoms with Gasteiger partial charge in [0.1, 0.15) is 5.69 Å². The Morgan fingerprint density at radius 3 is 2.22 bits per heavy atom. The highest BCUT2D eigenvalue weighted by molar-refractivity contribution is 5.89. The number of hydrogen-bond donors (Lipinski definition) is 1. The topological polar surface area (TPSA) is 80.9 Å². The van der Waals surface area contributed by atoms with Gasteiger partial charge in [-0.1, -0.05) is 39.8 Å². The Kier molecular flexibility index (Phi) is 5.34. The second-order valence-corrected chi connectivity index (χ2v) is 11.7. The summed E-state index contributed by atoms with van der Waals surface area (Å²) < 4.78 is 2.30. The van der Waals surface area contributed by atoms with Crippen LogP contribution in [0.3, 0.4) is 0 Å². The summed E-state index contributed by atoms with van der Waals surface area (Å²) in [6.45, 7) is 9.86. The maximum absolute atomic E-state index is 11.4. The number of benzene rings is 1. The molecule has 0 unspecified atom stereocenters. The molecule has 2 aliphatic carbocycles. The van der Waals surface area contributed by atoms with Crippen molar-refractivity contribution in [3.63, 3.8) is 0 Å². The van der Waals surface area contributed by atoms with Gasteiger partial charge in [-0.05, 0) is 66.6 Å². The highest BCUT2D eigenvalue weighted by Gasteiger charge is 2.41. The molecule has 0 radical (unpaired) electrons. The first kappa shape index (κ1) is 23.6. The third-order valence-electron chi connectivity index (χ3n) is 8.19. The molecule has 6 nitrogen and oxygen atoms in total. The highest BCUT2D eigenvalue weighted by atomic mass is 16.4. The van der Waals surface area contributed by atoms with Gasteiger partial charge in [-0.25, -0.2) is 9.78 Å². The Morgan fingerprint density at radius 1 is 0.919 bits per heavy atom. The zero-order chi connectivity index (χ0) is 25.9. The molecule has 188 valence electrons. The van der Waals surface area contributed by atoms with Gasteiger partial charge in [0.25, 0.3) is 0 Å². The van der Waals surface area contributed by atoms with E-state index in [0.29, 0.717) is 12.1 Å². The number of carbonyl (C=O) groups is 1. The molecule has 0 saturated heterocycles. The molecule has 0 saturated carbocycles. The number of rotatable bonds is 4. The second-order valence-electron chi connectivity index (χ2n) is 11.7. The molecular formula is C31H32N4O2. The summed E-state index contributed by atoms with van der Waals surface area (Å²) in [6, 6.07) is 11.3. The molecule has 4 aromatic rings. The van der Waals surface area contributed by atoms with Crippen molar-refractivity contribution in [3.05, 3.63) is 88.8 Å². The largest absolute Gasteiger partial charge is 0.478 e. The van der Waals surface area contributed by atoms with E-state index in [1.165, 1.54) is 11.1 Å². The van der Waals surface area contributed by atoms with Crippen molar-refractivity contribution in [3.8, 4) is 22.5 Å². The maximum Gasteiger partial charge on any atom is 0.335 e. The van der Waals surface area contributed by atoms with Crippen molar-refractivity contribution in [2.45, 2.75) is 70.8 Å². The Bertz CT molecular complexity index is 1520. The smallest absolute Gasteiger partial charge is 0.335 e. The van der Waals surface area contributed by atoms with Gasteiger partial charge in [0.05, 0.1) is 28.3 Å². The molecular weight excluding hydrogens is 460 g/mol. The Labute approximate surface area is 217 Å². The Hall–Kier alpha value is -3.80. The number of hydrogen-bond acceptors (Lipinski definition) is 4. The molecule has 1 N–H and O–H groups in total. The summed E-state index contributed by atoms with van der Waals surface area (Å²) in [5.74, 6) is -0.914. The van der Waals surface area contributed by atoms with Crippen LogP contribution in [0.2, 0.25) is 0 Å². The van der Waals surface area contributed by atoms with E-state index in [1.54, 1.807) is 12.1 Å². The van der Waals surface area contributed by atoms with Crippen molar-refractivity contribution < 1.29 is 9.90 Å². The van der Waals surface area contributed by atoms with E-state index < -0.39 is 5.97 Å². The molecule has 3 aromatic heterocycles. The molecule has 0 spiro atoms. The molecule has 37 heavy (non-hydrogen) atoms. The first-order valence-corrected chi connectivity index (χ1v) is 13.0. The minimum absolute atomic E-state index is 0.0171. The van der Waals surface area contributed by atoms with E-state index in [-0.39, 0.29) is 10.8 Å². The van der Waals surface area contributed by atoms with Gasteiger partial charge in [-0.2, -0.15) is 0 Å². The van der Waals surface area contributed by atoms with Crippen LogP contribution in [0.5, 0.6) is 0 Å². The Balaban J connectivity index is 1.56. The van der Waals surface area contributed by atoms with Crippen LogP contribution in [-0.4, -0.2) is 30.6 Å². The van der Waals surface area contributed by atoms with Crippen LogP contribution in [-0.2, 0) is 30.2 Å². The third-order valence-corrected chi connectivity index (χ3v) is 8.19. The van der Waals surface area contributed by atoms with Crippen molar-refractivity contribution in [2.75, 3.05) is 0 Å². The zero-order valence-electron chi connectivity index (χ0n) is 21.9. The summed E-state index contributed by atoms with van der Waals surface area (Å²) in [6.07, 6.45) is 9.77. The molecule has 0 fully saturated rings. The van der Waals surface area contributed by atoms with E-state index in [4.69, 9.17) is 9.97 Å². The lowest BCUT2D eigenvalue weighted by Crippen LogP contribution is -2.37. The van der Waals surface area contributed by atoms with E-state index in [9.17, 15) is 9.90 Å². The van der Waals surface area contributed by atoms with E-state index >= 15 is 0 Å². The number of nitrogens with zero attached hydrogens (tertiary/aromatic N) is 4. The summed E-state index contributed by atoms with van der Waals surface area (Å²) in [7, 11) is 0.